The van der Waals surface area contributed by atoms with Crippen LogP contribution in [-0.2, 0) is 6.54 Å². The van der Waals surface area contributed by atoms with E-state index in [-0.39, 0.29) is 5.78 Å². The van der Waals surface area contributed by atoms with Crippen LogP contribution in [0.2, 0.25) is 0 Å². The van der Waals surface area contributed by atoms with Gasteiger partial charge < -0.3 is 4.57 Å². The molecule has 0 aliphatic rings. The van der Waals surface area contributed by atoms with Crippen molar-refractivity contribution in [2.24, 2.45) is 0 Å². The highest BCUT2D eigenvalue weighted by Gasteiger charge is 2.05. The SMILES string of the molecule is CCCC(=O)c1ccn(C/C(C)=C/Cl)c1. The number of rotatable bonds is 5. The van der Waals surface area contributed by atoms with E-state index >= 15 is 0 Å². The second-order valence-corrected chi connectivity index (χ2v) is 3.92. The summed E-state index contributed by atoms with van der Waals surface area (Å²) in [4.78, 5) is 11.6. The molecule has 0 bridgehead atoms. The van der Waals surface area contributed by atoms with Crippen LogP contribution >= 0.6 is 11.6 Å². The average Bonchev–Trinajstić information content (AvgIpc) is 2.66. The second-order valence-electron chi connectivity index (χ2n) is 3.70. The number of aromatic nitrogens is 1. The van der Waals surface area contributed by atoms with E-state index < -0.39 is 0 Å². The molecule has 1 rings (SSSR count). The molecule has 1 aromatic heterocycles. The van der Waals surface area contributed by atoms with Crippen molar-refractivity contribution < 1.29 is 4.79 Å². The quantitative estimate of drug-likeness (QED) is 0.702. The van der Waals surface area contributed by atoms with Gasteiger partial charge in [0.15, 0.2) is 5.78 Å². The molecule has 0 aliphatic heterocycles. The summed E-state index contributed by atoms with van der Waals surface area (Å²) >= 11 is 5.58. The minimum atomic E-state index is 0.212. The molecule has 0 amide bonds. The van der Waals surface area contributed by atoms with Gasteiger partial charge >= 0.3 is 0 Å². The molecular formula is C12H16ClNO. The maximum Gasteiger partial charge on any atom is 0.164 e. The highest BCUT2D eigenvalue weighted by molar-refractivity contribution is 6.25. The van der Waals surface area contributed by atoms with Crippen molar-refractivity contribution >= 4 is 17.4 Å². The van der Waals surface area contributed by atoms with Gasteiger partial charge in [0, 0.05) is 36.5 Å². The lowest BCUT2D eigenvalue weighted by molar-refractivity contribution is 0.0981. The number of hydrogen-bond donors (Lipinski definition) is 0. The molecule has 0 N–H and O–H groups in total. The van der Waals surface area contributed by atoms with E-state index in [0.717, 1.165) is 24.1 Å². The Morgan fingerprint density at radius 1 is 1.60 bits per heavy atom. The first-order chi connectivity index (χ1) is 7.17. The summed E-state index contributed by atoms with van der Waals surface area (Å²) in [5.41, 5.74) is 3.43. The van der Waals surface area contributed by atoms with Crippen LogP contribution < -0.4 is 0 Å². The maximum absolute atomic E-state index is 11.6. The highest BCUT2D eigenvalue weighted by Crippen LogP contribution is 2.08. The van der Waals surface area contributed by atoms with Crippen molar-refractivity contribution in [3.63, 3.8) is 0 Å². The van der Waals surface area contributed by atoms with Crippen LogP contribution in [0.4, 0.5) is 0 Å². The molecule has 0 saturated heterocycles. The lowest BCUT2D eigenvalue weighted by Crippen LogP contribution is -1.98. The number of ketones is 1. The van der Waals surface area contributed by atoms with Crippen LogP contribution in [0.1, 0.15) is 37.0 Å². The smallest absolute Gasteiger partial charge is 0.164 e. The number of allylic oxidation sites excluding steroid dienone is 1. The predicted molar refractivity (Wildman–Crippen MR) is 63.3 cm³/mol. The minimum Gasteiger partial charge on any atom is -0.349 e. The Labute approximate surface area is 95.5 Å². The Hall–Kier alpha value is -1.02. The van der Waals surface area contributed by atoms with Gasteiger partial charge in [0.1, 0.15) is 0 Å². The summed E-state index contributed by atoms with van der Waals surface area (Å²) < 4.78 is 1.97. The van der Waals surface area contributed by atoms with E-state index in [2.05, 4.69) is 0 Å². The van der Waals surface area contributed by atoms with Crippen LogP contribution in [0.3, 0.4) is 0 Å². The topological polar surface area (TPSA) is 22.0 Å². The van der Waals surface area contributed by atoms with Crippen molar-refractivity contribution in [2.75, 3.05) is 0 Å². The first kappa shape index (κ1) is 12.1. The highest BCUT2D eigenvalue weighted by atomic mass is 35.5. The van der Waals surface area contributed by atoms with E-state index in [0.29, 0.717) is 6.42 Å². The van der Waals surface area contributed by atoms with Gasteiger partial charge in [0.05, 0.1) is 0 Å². The standard InChI is InChI=1S/C12H16ClNO/c1-3-4-12(15)11-5-6-14(9-11)8-10(2)7-13/h5-7,9H,3-4,8H2,1-2H3/b10-7+. The number of halogens is 1. The van der Waals surface area contributed by atoms with Gasteiger partial charge in [-0.2, -0.15) is 0 Å². The molecule has 0 atom stereocenters. The summed E-state index contributed by atoms with van der Waals surface area (Å²) in [6, 6.07) is 1.86. The molecular weight excluding hydrogens is 210 g/mol. The zero-order chi connectivity index (χ0) is 11.3. The molecule has 15 heavy (non-hydrogen) atoms. The number of hydrogen-bond acceptors (Lipinski definition) is 1. The van der Waals surface area contributed by atoms with E-state index in [9.17, 15) is 4.79 Å². The Bertz CT molecular complexity index is 365. The summed E-state index contributed by atoms with van der Waals surface area (Å²) in [6.45, 7) is 4.71. The minimum absolute atomic E-state index is 0.212. The Kier molecular flexibility index (Phi) is 4.63. The number of carbonyl (C=O) groups excluding carboxylic acids is 1. The summed E-state index contributed by atoms with van der Waals surface area (Å²) in [6.07, 6.45) is 5.30. The Balaban J connectivity index is 2.68. The van der Waals surface area contributed by atoms with E-state index in [1.807, 2.05) is 36.9 Å². The van der Waals surface area contributed by atoms with Crippen molar-refractivity contribution in [2.45, 2.75) is 33.2 Å². The zero-order valence-corrected chi connectivity index (χ0v) is 9.92. The average molecular weight is 226 g/mol. The maximum atomic E-state index is 11.6. The largest absolute Gasteiger partial charge is 0.349 e. The molecule has 0 fully saturated rings. The van der Waals surface area contributed by atoms with E-state index in [1.165, 1.54) is 0 Å². The van der Waals surface area contributed by atoms with Gasteiger partial charge in [-0.15, -0.1) is 0 Å². The van der Waals surface area contributed by atoms with Gasteiger partial charge in [0.25, 0.3) is 0 Å². The third kappa shape index (κ3) is 3.56. The van der Waals surface area contributed by atoms with E-state index in [4.69, 9.17) is 11.6 Å². The van der Waals surface area contributed by atoms with Gasteiger partial charge in [-0.3, -0.25) is 4.79 Å². The van der Waals surface area contributed by atoms with Crippen LogP contribution in [0.15, 0.2) is 29.6 Å². The fraction of sp³-hybridized carbons (Fsp3) is 0.417. The third-order valence-electron chi connectivity index (χ3n) is 2.17. The predicted octanol–water partition coefficient (Wildman–Crippen LogP) is 3.61. The lowest BCUT2D eigenvalue weighted by atomic mass is 10.1. The van der Waals surface area contributed by atoms with Crippen LogP contribution in [0.25, 0.3) is 0 Å². The van der Waals surface area contributed by atoms with Crippen LogP contribution in [-0.4, -0.2) is 10.4 Å². The number of nitrogens with zero attached hydrogens (tertiary/aromatic N) is 1. The molecule has 82 valence electrons. The second kappa shape index (κ2) is 5.76. The monoisotopic (exact) mass is 225 g/mol. The van der Waals surface area contributed by atoms with Crippen molar-refractivity contribution in [1.29, 1.82) is 0 Å². The Morgan fingerprint density at radius 3 is 2.93 bits per heavy atom. The molecule has 0 radical (unpaired) electrons. The van der Waals surface area contributed by atoms with Crippen molar-refractivity contribution in [1.82, 2.24) is 4.57 Å². The number of Topliss-reactive ketones (excluding diaryl/α,β-unsaturated/α-hetero) is 1. The Morgan fingerprint density at radius 2 is 2.33 bits per heavy atom. The van der Waals surface area contributed by atoms with Crippen molar-refractivity contribution in [3.8, 4) is 0 Å². The molecule has 0 spiro atoms. The fourth-order valence-electron chi connectivity index (χ4n) is 1.40. The van der Waals surface area contributed by atoms with Gasteiger partial charge in [0.2, 0.25) is 0 Å². The van der Waals surface area contributed by atoms with Crippen LogP contribution in [0.5, 0.6) is 0 Å². The molecule has 0 aromatic carbocycles. The molecule has 0 unspecified atom stereocenters. The fourth-order valence-corrected chi connectivity index (χ4v) is 1.47. The number of carbonyl (C=O) groups is 1. The molecule has 2 nitrogen and oxygen atoms in total. The van der Waals surface area contributed by atoms with Crippen molar-refractivity contribution in [3.05, 3.63) is 35.1 Å². The molecule has 1 heterocycles. The molecule has 3 heteroatoms. The van der Waals surface area contributed by atoms with E-state index in [1.54, 1.807) is 5.54 Å². The zero-order valence-electron chi connectivity index (χ0n) is 9.16. The van der Waals surface area contributed by atoms with Gasteiger partial charge in [-0.1, -0.05) is 18.5 Å². The summed E-state index contributed by atoms with van der Waals surface area (Å²) in [5, 5.41) is 0. The summed E-state index contributed by atoms with van der Waals surface area (Å²) in [5.74, 6) is 0.212. The summed E-state index contributed by atoms with van der Waals surface area (Å²) in [7, 11) is 0. The first-order valence-electron chi connectivity index (χ1n) is 5.12. The van der Waals surface area contributed by atoms with Gasteiger partial charge in [-0.25, -0.2) is 0 Å². The lowest BCUT2D eigenvalue weighted by Gasteiger charge is -2.01. The molecule has 1 aromatic rings. The van der Waals surface area contributed by atoms with Gasteiger partial charge in [-0.05, 0) is 25.0 Å². The molecule has 0 saturated carbocycles. The third-order valence-corrected chi connectivity index (χ3v) is 2.54. The molecule has 0 aliphatic carbocycles. The van der Waals surface area contributed by atoms with Crippen LogP contribution in [0, 0.1) is 0 Å². The first-order valence-corrected chi connectivity index (χ1v) is 5.55. The normalized spacial score (nSPS) is 11.8.